The van der Waals surface area contributed by atoms with Crippen molar-refractivity contribution in [3.05, 3.63) is 36.3 Å². The molecule has 4 unspecified atom stereocenters. The fourth-order valence-corrected chi connectivity index (χ4v) is 4.42. The first kappa shape index (κ1) is 16.6. The van der Waals surface area contributed by atoms with E-state index in [4.69, 9.17) is 9.68 Å². The molecule has 7 nitrogen and oxygen atoms in total. The molecule has 0 spiro atoms. The number of hydrogen-bond acceptors (Lipinski definition) is 5. The van der Waals surface area contributed by atoms with E-state index in [0.29, 0.717) is 5.76 Å². The van der Waals surface area contributed by atoms with E-state index in [1.54, 1.807) is 12.1 Å². The Morgan fingerprint density at radius 3 is 2.54 bits per heavy atom. The van der Waals surface area contributed by atoms with Crippen LogP contribution in [0.2, 0.25) is 0 Å². The Balaban J connectivity index is 1.46. The van der Waals surface area contributed by atoms with Gasteiger partial charge in [0.15, 0.2) is 0 Å². The van der Waals surface area contributed by atoms with Gasteiger partial charge in [0.05, 0.1) is 37.1 Å². The average Bonchev–Trinajstić information content (AvgIpc) is 3.40. The van der Waals surface area contributed by atoms with E-state index in [-0.39, 0.29) is 67.4 Å². The number of hydrogen-bond donors (Lipinski definition) is 0. The zero-order valence-corrected chi connectivity index (χ0v) is 14.2. The Labute approximate surface area is 150 Å². The molecule has 2 fully saturated rings. The van der Waals surface area contributed by atoms with Gasteiger partial charge in [-0.15, -0.1) is 0 Å². The van der Waals surface area contributed by atoms with Gasteiger partial charge in [-0.3, -0.25) is 19.3 Å². The lowest BCUT2D eigenvalue weighted by Crippen LogP contribution is -2.43. The van der Waals surface area contributed by atoms with Crippen molar-refractivity contribution in [2.75, 3.05) is 13.1 Å². The Kier molecular flexibility index (Phi) is 4.11. The summed E-state index contributed by atoms with van der Waals surface area (Å²) >= 11 is 0. The summed E-state index contributed by atoms with van der Waals surface area (Å²) in [6.45, 7) is 0.172. The third kappa shape index (κ3) is 2.62. The third-order valence-corrected chi connectivity index (χ3v) is 5.63. The van der Waals surface area contributed by atoms with Gasteiger partial charge in [-0.1, -0.05) is 12.2 Å². The Morgan fingerprint density at radius 2 is 1.96 bits per heavy atom. The fourth-order valence-electron chi connectivity index (χ4n) is 4.42. The monoisotopic (exact) mass is 353 g/mol. The molecule has 0 radical (unpaired) electrons. The second-order valence-corrected chi connectivity index (χ2v) is 7.07. The maximum atomic E-state index is 12.7. The first-order valence-electron chi connectivity index (χ1n) is 8.81. The van der Waals surface area contributed by atoms with Crippen LogP contribution in [-0.4, -0.2) is 40.6 Å². The number of nitriles is 1. The number of carbonyl (C=O) groups is 3. The Hall–Kier alpha value is -2.88. The molecule has 7 heteroatoms. The van der Waals surface area contributed by atoms with E-state index in [0.717, 1.165) is 11.3 Å². The van der Waals surface area contributed by atoms with Gasteiger partial charge in [-0.25, -0.2) is 0 Å². The summed E-state index contributed by atoms with van der Waals surface area (Å²) in [4.78, 5) is 40.7. The normalized spacial score (nSPS) is 28.5. The maximum Gasteiger partial charge on any atom is 0.243 e. The second kappa shape index (κ2) is 6.45. The van der Waals surface area contributed by atoms with Crippen LogP contribution in [0.25, 0.3) is 0 Å². The summed E-state index contributed by atoms with van der Waals surface area (Å²) in [7, 11) is 0. The summed E-state index contributed by atoms with van der Waals surface area (Å²) in [6, 6.07) is 5.48. The molecule has 3 amide bonds. The molecule has 0 aromatic carbocycles. The molecule has 26 heavy (non-hydrogen) atoms. The van der Waals surface area contributed by atoms with Gasteiger partial charge in [0, 0.05) is 6.54 Å². The number of carbonyl (C=O) groups excluding carboxylic acids is 3. The highest BCUT2D eigenvalue weighted by molar-refractivity contribution is 6.08. The Bertz CT molecular complexity index is 777. The molecule has 1 saturated heterocycles. The summed E-state index contributed by atoms with van der Waals surface area (Å²) in [6.07, 6.45) is 6.60. The number of nitrogens with zero attached hydrogens (tertiary/aromatic N) is 3. The van der Waals surface area contributed by atoms with Gasteiger partial charge in [0.1, 0.15) is 12.3 Å². The SMILES string of the molecule is N#CCCN(Cc1ccco1)C(=O)CN1C(=O)C2C3C=CC(C3)C2C1=O. The van der Waals surface area contributed by atoms with Crippen LogP contribution in [-0.2, 0) is 20.9 Å². The van der Waals surface area contributed by atoms with Gasteiger partial charge >= 0.3 is 0 Å². The van der Waals surface area contributed by atoms with Gasteiger partial charge in [-0.05, 0) is 30.4 Å². The van der Waals surface area contributed by atoms with E-state index in [9.17, 15) is 14.4 Å². The van der Waals surface area contributed by atoms with Crippen LogP contribution in [0.5, 0.6) is 0 Å². The molecule has 2 bridgehead atoms. The quantitative estimate of drug-likeness (QED) is 0.568. The van der Waals surface area contributed by atoms with Crippen molar-refractivity contribution in [1.29, 1.82) is 5.26 Å². The van der Waals surface area contributed by atoms with E-state index in [1.165, 1.54) is 11.2 Å². The van der Waals surface area contributed by atoms with Crippen LogP contribution in [0.4, 0.5) is 0 Å². The van der Waals surface area contributed by atoms with Crippen molar-refractivity contribution in [3.63, 3.8) is 0 Å². The minimum atomic E-state index is -0.348. The number of allylic oxidation sites excluding steroid dienone is 2. The maximum absolute atomic E-state index is 12.7. The lowest BCUT2D eigenvalue weighted by Gasteiger charge is -2.24. The van der Waals surface area contributed by atoms with Gasteiger partial charge in [0.2, 0.25) is 17.7 Å². The highest BCUT2D eigenvalue weighted by Crippen LogP contribution is 2.52. The van der Waals surface area contributed by atoms with Crippen molar-refractivity contribution in [2.45, 2.75) is 19.4 Å². The zero-order chi connectivity index (χ0) is 18.3. The molecule has 1 aliphatic heterocycles. The average molecular weight is 353 g/mol. The number of fused-ring (bicyclic) bond motifs is 5. The molecule has 4 atom stereocenters. The molecule has 134 valence electrons. The van der Waals surface area contributed by atoms with Crippen LogP contribution >= 0.6 is 0 Å². The smallest absolute Gasteiger partial charge is 0.243 e. The van der Waals surface area contributed by atoms with Crippen LogP contribution in [0.1, 0.15) is 18.6 Å². The molecule has 1 aromatic rings. The van der Waals surface area contributed by atoms with E-state index in [2.05, 4.69) is 0 Å². The fraction of sp³-hybridized carbons (Fsp3) is 0.474. The van der Waals surface area contributed by atoms with Crippen LogP contribution in [0, 0.1) is 35.0 Å². The lowest BCUT2D eigenvalue weighted by molar-refractivity contribution is -0.147. The van der Waals surface area contributed by atoms with Gasteiger partial charge in [0.25, 0.3) is 0 Å². The van der Waals surface area contributed by atoms with Gasteiger partial charge < -0.3 is 9.32 Å². The van der Waals surface area contributed by atoms with Crippen LogP contribution in [0.3, 0.4) is 0 Å². The minimum Gasteiger partial charge on any atom is -0.467 e. The largest absolute Gasteiger partial charge is 0.467 e. The summed E-state index contributed by atoms with van der Waals surface area (Å²) in [5.41, 5.74) is 0. The molecular weight excluding hydrogens is 334 g/mol. The minimum absolute atomic E-state index is 0.124. The standard InChI is InChI=1S/C19H19N3O4/c20-6-2-7-21(10-14-3-1-8-26-14)15(23)11-22-18(24)16-12-4-5-13(9-12)17(16)19(22)25/h1,3-5,8,12-13,16-17H,2,7,9-11H2. The topological polar surface area (TPSA) is 94.6 Å². The number of imide groups is 1. The molecule has 2 aliphatic carbocycles. The van der Waals surface area contributed by atoms with E-state index < -0.39 is 0 Å². The molecule has 4 rings (SSSR count). The lowest BCUT2D eigenvalue weighted by atomic mass is 9.85. The second-order valence-electron chi connectivity index (χ2n) is 7.07. The van der Waals surface area contributed by atoms with Crippen molar-refractivity contribution >= 4 is 17.7 Å². The molecule has 1 aromatic heterocycles. The van der Waals surface area contributed by atoms with Crippen molar-refractivity contribution in [3.8, 4) is 6.07 Å². The summed E-state index contributed by atoms with van der Waals surface area (Å²) < 4.78 is 5.27. The first-order chi connectivity index (χ1) is 12.6. The van der Waals surface area contributed by atoms with Crippen molar-refractivity contribution < 1.29 is 18.8 Å². The number of furan rings is 1. The van der Waals surface area contributed by atoms with E-state index in [1.807, 2.05) is 18.2 Å². The van der Waals surface area contributed by atoms with Crippen molar-refractivity contribution in [1.82, 2.24) is 9.80 Å². The Morgan fingerprint density at radius 1 is 1.27 bits per heavy atom. The van der Waals surface area contributed by atoms with E-state index >= 15 is 0 Å². The molecule has 2 heterocycles. The first-order valence-corrected chi connectivity index (χ1v) is 8.81. The molecule has 0 N–H and O–H groups in total. The zero-order valence-electron chi connectivity index (χ0n) is 14.2. The summed E-state index contributed by atoms with van der Waals surface area (Å²) in [5.74, 6) is -0.579. The van der Waals surface area contributed by atoms with Crippen molar-refractivity contribution in [2.24, 2.45) is 23.7 Å². The predicted octanol–water partition coefficient (Wildman–Crippen LogP) is 1.33. The number of amides is 3. The van der Waals surface area contributed by atoms with Crippen LogP contribution in [0.15, 0.2) is 35.0 Å². The highest BCUT2D eigenvalue weighted by Gasteiger charge is 2.59. The summed E-state index contributed by atoms with van der Waals surface area (Å²) in [5, 5.41) is 8.83. The molecule has 1 saturated carbocycles. The number of rotatable bonds is 6. The number of likely N-dealkylation sites (tertiary alicyclic amines) is 1. The third-order valence-electron chi connectivity index (χ3n) is 5.63. The predicted molar refractivity (Wildman–Crippen MR) is 88.8 cm³/mol. The molecular formula is C19H19N3O4. The highest BCUT2D eigenvalue weighted by atomic mass is 16.3. The van der Waals surface area contributed by atoms with Crippen LogP contribution < -0.4 is 0 Å². The molecule has 3 aliphatic rings. The van der Waals surface area contributed by atoms with Gasteiger partial charge in [-0.2, -0.15) is 5.26 Å².